The van der Waals surface area contributed by atoms with Crippen molar-refractivity contribution in [1.82, 2.24) is 5.32 Å². The van der Waals surface area contributed by atoms with E-state index in [1.54, 1.807) is 30.3 Å². The Bertz CT molecular complexity index is 2450. The third-order valence-electron chi connectivity index (χ3n) is 9.49. The standard InChI is InChI=1S/C43H35F3N4O10/c1-2-3-7-34(53)29(22-47)40(56)50-25-10-14-33(43(44,45)46)35(19-25)58-17-6-4-5-8-38(54)48-23-39(55)49-24-9-13-30-28(18-24)41(57)60-42(30)31-15-11-26(51)20-36(31)59-37-21-27(52)12-16-32(37)42/h1,9-16,18-21,51-53H,3-8,17,23H2,(H,48,54)(H,49,55)(H,50,56)/b34-29-. The van der Waals surface area contributed by atoms with Crippen LogP contribution < -0.4 is 25.4 Å². The van der Waals surface area contributed by atoms with Gasteiger partial charge in [-0.15, -0.1) is 12.3 Å². The Hall–Kier alpha value is -7.66. The fourth-order valence-corrected chi connectivity index (χ4v) is 6.71. The molecule has 2 heterocycles. The summed E-state index contributed by atoms with van der Waals surface area (Å²) in [5, 5.41) is 46.9. The number of halogens is 3. The van der Waals surface area contributed by atoms with Crippen LogP contribution in [0.1, 0.15) is 71.1 Å². The van der Waals surface area contributed by atoms with E-state index in [1.165, 1.54) is 30.3 Å². The number of phenolic OH excluding ortho intramolecular Hbond substituents is 2. The fourth-order valence-electron chi connectivity index (χ4n) is 6.71. The van der Waals surface area contributed by atoms with E-state index in [0.717, 1.165) is 12.1 Å². The number of hydrogen-bond acceptors (Lipinski definition) is 11. The molecule has 0 radical (unpaired) electrons. The summed E-state index contributed by atoms with van der Waals surface area (Å²) >= 11 is 0. The van der Waals surface area contributed by atoms with Crippen molar-refractivity contribution < 1.29 is 61.9 Å². The first kappa shape index (κ1) is 42.0. The summed E-state index contributed by atoms with van der Waals surface area (Å²) in [6.45, 7) is -0.572. The zero-order valence-electron chi connectivity index (χ0n) is 31.4. The number of alkyl halides is 3. The molecule has 2 aliphatic heterocycles. The number of hydrogen-bond donors (Lipinski definition) is 6. The summed E-state index contributed by atoms with van der Waals surface area (Å²) in [5.41, 5.74) is -1.66. The molecule has 0 aromatic heterocycles. The zero-order chi connectivity index (χ0) is 43.2. The average molecular weight is 825 g/mol. The maximum Gasteiger partial charge on any atom is 0.419 e. The highest BCUT2D eigenvalue weighted by atomic mass is 19.4. The van der Waals surface area contributed by atoms with Crippen molar-refractivity contribution in [3.63, 3.8) is 0 Å². The number of unbranched alkanes of at least 4 members (excludes halogenated alkanes) is 2. The molecule has 0 saturated heterocycles. The number of benzene rings is 4. The predicted octanol–water partition coefficient (Wildman–Crippen LogP) is 7.07. The van der Waals surface area contributed by atoms with E-state index in [-0.39, 0.29) is 72.2 Å². The van der Waals surface area contributed by atoms with Gasteiger partial charge in [-0.1, -0.05) is 6.07 Å². The lowest BCUT2D eigenvalue weighted by Crippen LogP contribution is -2.33. The van der Waals surface area contributed by atoms with Gasteiger partial charge in [0, 0.05) is 65.5 Å². The SMILES string of the molecule is C#CCC/C(O)=C(\C#N)C(=O)Nc1ccc(C(F)(F)F)c(OCCCCCC(=O)NCC(=O)Nc2ccc3c(c2)C(=O)OC32c3ccc(O)cc3Oc3cc(O)ccc32)c1. The van der Waals surface area contributed by atoms with Gasteiger partial charge in [0.25, 0.3) is 5.91 Å². The van der Waals surface area contributed by atoms with E-state index < -0.39 is 64.7 Å². The van der Waals surface area contributed by atoms with Crippen LogP contribution in [0.4, 0.5) is 24.5 Å². The number of terminal acetylenes is 1. The molecular formula is C43H35F3N4O10. The van der Waals surface area contributed by atoms with E-state index in [1.807, 2.05) is 0 Å². The molecule has 0 unspecified atom stereocenters. The molecule has 4 aromatic carbocycles. The molecule has 6 N–H and O–H groups in total. The van der Waals surface area contributed by atoms with Crippen molar-refractivity contribution in [2.45, 2.75) is 50.3 Å². The minimum Gasteiger partial charge on any atom is -0.511 e. The van der Waals surface area contributed by atoms with Gasteiger partial charge in [-0.05, 0) is 67.8 Å². The summed E-state index contributed by atoms with van der Waals surface area (Å²) in [4.78, 5) is 51.1. The molecule has 6 rings (SSSR count). The number of aliphatic hydroxyl groups is 1. The van der Waals surface area contributed by atoms with Gasteiger partial charge in [-0.3, -0.25) is 14.4 Å². The largest absolute Gasteiger partial charge is 0.511 e. The molecule has 14 nitrogen and oxygen atoms in total. The van der Waals surface area contributed by atoms with E-state index >= 15 is 0 Å². The lowest BCUT2D eigenvalue weighted by Gasteiger charge is -2.36. The number of aromatic hydroxyl groups is 2. The number of anilines is 2. The number of carbonyl (C=O) groups is 4. The fraction of sp³-hybridized carbons (Fsp3) is 0.233. The summed E-state index contributed by atoms with van der Waals surface area (Å²) in [5.74, 6) is -1.44. The maximum atomic E-state index is 13.7. The van der Waals surface area contributed by atoms with Gasteiger partial charge in [-0.25, -0.2) is 4.79 Å². The van der Waals surface area contributed by atoms with Crippen LogP contribution in [0.3, 0.4) is 0 Å². The summed E-state index contributed by atoms with van der Waals surface area (Å²) in [7, 11) is 0. The van der Waals surface area contributed by atoms with E-state index in [4.69, 9.17) is 20.6 Å². The normalized spacial score (nSPS) is 13.5. The molecule has 4 aromatic rings. The molecular weight excluding hydrogens is 789 g/mol. The van der Waals surface area contributed by atoms with E-state index in [0.29, 0.717) is 35.6 Å². The molecule has 2 aliphatic rings. The lowest BCUT2D eigenvalue weighted by molar-refractivity contribution is -0.139. The summed E-state index contributed by atoms with van der Waals surface area (Å²) < 4.78 is 58.4. The maximum absolute atomic E-state index is 13.7. The number of phenols is 2. The van der Waals surface area contributed by atoms with Crippen molar-refractivity contribution in [2.24, 2.45) is 0 Å². The monoisotopic (exact) mass is 824 g/mol. The molecule has 308 valence electrons. The highest BCUT2D eigenvalue weighted by Gasteiger charge is 2.53. The minimum atomic E-state index is -4.79. The highest BCUT2D eigenvalue weighted by molar-refractivity contribution is 6.07. The number of nitrogens with zero attached hydrogens (tertiary/aromatic N) is 1. The number of esters is 1. The predicted molar refractivity (Wildman–Crippen MR) is 207 cm³/mol. The van der Waals surface area contributed by atoms with Crippen LogP contribution >= 0.6 is 0 Å². The van der Waals surface area contributed by atoms with Crippen molar-refractivity contribution in [3.8, 4) is 47.2 Å². The molecule has 1 spiro atoms. The number of amides is 3. The van der Waals surface area contributed by atoms with Crippen LogP contribution in [0.15, 0.2) is 84.1 Å². The van der Waals surface area contributed by atoms with E-state index in [9.17, 15) is 52.9 Å². The Morgan fingerprint density at radius 1 is 0.833 bits per heavy atom. The van der Waals surface area contributed by atoms with Crippen LogP contribution in [0.2, 0.25) is 0 Å². The van der Waals surface area contributed by atoms with Gasteiger partial charge in [0.1, 0.15) is 40.6 Å². The summed E-state index contributed by atoms with van der Waals surface area (Å²) in [6.07, 6.45) is 1.21. The second kappa shape index (κ2) is 17.5. The Balaban J connectivity index is 0.991. The molecule has 0 bridgehead atoms. The van der Waals surface area contributed by atoms with Crippen molar-refractivity contribution >= 4 is 35.1 Å². The smallest absolute Gasteiger partial charge is 0.419 e. The number of carbonyl (C=O) groups excluding carboxylic acids is 4. The topological polar surface area (TPSA) is 217 Å². The number of aliphatic hydroxyl groups excluding tert-OH is 1. The van der Waals surface area contributed by atoms with Gasteiger partial charge >= 0.3 is 12.1 Å². The highest BCUT2D eigenvalue weighted by Crippen LogP contribution is 2.57. The van der Waals surface area contributed by atoms with Crippen molar-refractivity contribution in [2.75, 3.05) is 23.8 Å². The number of nitrogens with one attached hydrogen (secondary N) is 3. The van der Waals surface area contributed by atoms with Crippen LogP contribution in [0, 0.1) is 23.7 Å². The number of rotatable bonds is 14. The second-order valence-electron chi connectivity index (χ2n) is 13.6. The van der Waals surface area contributed by atoms with Gasteiger partial charge in [0.15, 0.2) is 11.2 Å². The molecule has 0 saturated carbocycles. The quantitative estimate of drug-likeness (QED) is 0.0189. The number of nitriles is 1. The van der Waals surface area contributed by atoms with Crippen molar-refractivity contribution in [3.05, 3.63) is 112 Å². The van der Waals surface area contributed by atoms with Gasteiger partial charge < -0.3 is 45.5 Å². The lowest BCUT2D eigenvalue weighted by atomic mass is 9.77. The average Bonchev–Trinajstić information content (AvgIpc) is 3.48. The Morgan fingerprint density at radius 2 is 1.48 bits per heavy atom. The van der Waals surface area contributed by atoms with Gasteiger partial charge in [0.2, 0.25) is 11.8 Å². The Kier molecular flexibility index (Phi) is 12.2. The van der Waals surface area contributed by atoms with Crippen LogP contribution in [0.25, 0.3) is 0 Å². The van der Waals surface area contributed by atoms with Crippen LogP contribution in [-0.4, -0.2) is 52.2 Å². The van der Waals surface area contributed by atoms with Gasteiger partial charge in [-0.2, -0.15) is 18.4 Å². The number of fused-ring (bicyclic) bond motifs is 6. The third-order valence-corrected chi connectivity index (χ3v) is 9.49. The molecule has 3 amide bonds. The molecule has 0 aliphatic carbocycles. The minimum absolute atomic E-state index is 0.000506. The third kappa shape index (κ3) is 8.90. The molecule has 0 fully saturated rings. The number of allylic oxidation sites excluding steroid dienone is 1. The zero-order valence-corrected chi connectivity index (χ0v) is 31.4. The molecule has 17 heteroatoms. The van der Waals surface area contributed by atoms with Crippen molar-refractivity contribution in [1.29, 1.82) is 5.26 Å². The second-order valence-corrected chi connectivity index (χ2v) is 13.6. The molecule has 60 heavy (non-hydrogen) atoms. The van der Waals surface area contributed by atoms with Crippen LogP contribution in [0.5, 0.6) is 28.7 Å². The van der Waals surface area contributed by atoms with Gasteiger partial charge in [0.05, 0.1) is 24.3 Å². The Labute approximate surface area is 340 Å². The first-order chi connectivity index (χ1) is 28.6. The van der Waals surface area contributed by atoms with Crippen LogP contribution in [-0.2, 0) is 30.9 Å². The first-order valence-corrected chi connectivity index (χ1v) is 18.3. The molecule has 0 atom stereocenters. The number of ether oxygens (including phenoxy) is 3. The Morgan fingerprint density at radius 3 is 2.13 bits per heavy atom. The van der Waals surface area contributed by atoms with E-state index in [2.05, 4.69) is 21.9 Å². The summed E-state index contributed by atoms with van der Waals surface area (Å²) in [6, 6.07) is 17.5. The first-order valence-electron chi connectivity index (χ1n) is 18.3.